The maximum Gasteiger partial charge on any atom is 0.315 e. The first-order chi connectivity index (χ1) is 12.0. The van der Waals surface area contributed by atoms with E-state index in [9.17, 15) is 4.79 Å². The largest absolute Gasteiger partial charge is 0.489 e. The highest BCUT2D eigenvalue weighted by atomic mass is 16.5. The number of nitrogens with one attached hydrogen (secondary N) is 2. The minimum atomic E-state index is -0.0926. The zero-order valence-corrected chi connectivity index (χ0v) is 15.6. The molecule has 2 saturated heterocycles. The van der Waals surface area contributed by atoms with Crippen molar-refractivity contribution in [2.75, 3.05) is 7.05 Å². The molecule has 0 aromatic heterocycles. The molecule has 5 atom stereocenters. The van der Waals surface area contributed by atoms with Crippen molar-refractivity contribution in [3.05, 3.63) is 30.3 Å². The summed E-state index contributed by atoms with van der Waals surface area (Å²) in [5.74, 6) is 0.826. The standard InChI is InChI=1S/C20H31N3O2/c1-14(15(2)25-19-10-5-4-6-11-19)21-20(24)22-16-12-17-8-7-9-18(13-16)23(17)3/h4-6,10-11,14-18H,7-9,12-13H2,1-3H3,(H2,21,22,24)/t14-,15+,16?,17-,18+/m1/s1. The number of carbonyl (C=O) groups excluding carboxylic acids is 1. The summed E-state index contributed by atoms with van der Waals surface area (Å²) in [6, 6.07) is 11.1. The number of benzene rings is 1. The van der Waals surface area contributed by atoms with Gasteiger partial charge < -0.3 is 20.3 Å². The molecule has 0 saturated carbocycles. The van der Waals surface area contributed by atoms with Gasteiger partial charge >= 0.3 is 6.03 Å². The van der Waals surface area contributed by atoms with Crippen LogP contribution < -0.4 is 15.4 Å². The molecule has 2 N–H and O–H groups in total. The predicted molar refractivity (Wildman–Crippen MR) is 99.9 cm³/mol. The van der Waals surface area contributed by atoms with Crippen LogP contribution in [0.1, 0.15) is 46.0 Å². The molecule has 0 aliphatic carbocycles. The molecule has 138 valence electrons. The number of nitrogens with zero attached hydrogens (tertiary/aromatic N) is 1. The highest BCUT2D eigenvalue weighted by Gasteiger charge is 2.36. The number of amides is 2. The Morgan fingerprint density at radius 3 is 2.44 bits per heavy atom. The highest BCUT2D eigenvalue weighted by molar-refractivity contribution is 5.74. The number of ether oxygens (including phenoxy) is 1. The number of piperidine rings is 2. The van der Waals surface area contributed by atoms with Crippen LogP contribution in [-0.4, -0.2) is 48.3 Å². The Morgan fingerprint density at radius 2 is 1.80 bits per heavy atom. The van der Waals surface area contributed by atoms with Gasteiger partial charge in [0, 0.05) is 18.1 Å². The minimum absolute atomic E-state index is 0.0639. The molecule has 2 bridgehead atoms. The van der Waals surface area contributed by atoms with Crippen molar-refractivity contribution in [3.63, 3.8) is 0 Å². The monoisotopic (exact) mass is 345 g/mol. The van der Waals surface area contributed by atoms with E-state index >= 15 is 0 Å². The van der Waals surface area contributed by atoms with E-state index in [2.05, 4.69) is 22.6 Å². The van der Waals surface area contributed by atoms with Crippen molar-refractivity contribution in [1.29, 1.82) is 0 Å². The van der Waals surface area contributed by atoms with Crippen molar-refractivity contribution < 1.29 is 9.53 Å². The second kappa shape index (κ2) is 8.09. The molecule has 2 heterocycles. The van der Waals surface area contributed by atoms with Gasteiger partial charge in [-0.1, -0.05) is 24.6 Å². The number of para-hydroxylation sites is 1. The Balaban J connectivity index is 1.45. The summed E-state index contributed by atoms with van der Waals surface area (Å²) in [5.41, 5.74) is 0. The predicted octanol–water partition coefficient (Wildman–Crippen LogP) is 3.16. The normalized spacial score (nSPS) is 28.7. The molecule has 2 aliphatic rings. The fourth-order valence-electron chi connectivity index (χ4n) is 4.10. The summed E-state index contributed by atoms with van der Waals surface area (Å²) in [4.78, 5) is 14.9. The van der Waals surface area contributed by atoms with Gasteiger partial charge in [0.2, 0.25) is 0 Å². The van der Waals surface area contributed by atoms with E-state index in [4.69, 9.17) is 4.74 Å². The van der Waals surface area contributed by atoms with E-state index in [1.165, 1.54) is 19.3 Å². The Labute approximate surface area is 151 Å². The van der Waals surface area contributed by atoms with E-state index in [0.717, 1.165) is 18.6 Å². The molecule has 25 heavy (non-hydrogen) atoms. The van der Waals surface area contributed by atoms with Crippen LogP contribution in [0.3, 0.4) is 0 Å². The quantitative estimate of drug-likeness (QED) is 0.862. The summed E-state index contributed by atoms with van der Waals surface area (Å²) in [7, 11) is 2.23. The van der Waals surface area contributed by atoms with E-state index in [1.54, 1.807) is 0 Å². The van der Waals surface area contributed by atoms with E-state index in [0.29, 0.717) is 12.1 Å². The molecule has 5 nitrogen and oxygen atoms in total. The SMILES string of the molecule is C[C@H](Oc1ccccc1)[C@@H](C)NC(=O)NC1C[C@H]2CCC[C@@H](C1)N2C. The lowest BCUT2D eigenvalue weighted by molar-refractivity contribution is 0.0506. The van der Waals surface area contributed by atoms with Gasteiger partial charge in [-0.3, -0.25) is 0 Å². The summed E-state index contributed by atoms with van der Waals surface area (Å²) in [6.07, 6.45) is 5.86. The maximum absolute atomic E-state index is 12.4. The molecule has 2 aliphatic heterocycles. The van der Waals surface area contributed by atoms with Gasteiger partial charge in [0.15, 0.2) is 0 Å². The molecule has 0 radical (unpaired) electrons. The van der Waals surface area contributed by atoms with Crippen LogP contribution in [0.5, 0.6) is 5.75 Å². The van der Waals surface area contributed by atoms with Crippen molar-refractivity contribution in [1.82, 2.24) is 15.5 Å². The van der Waals surface area contributed by atoms with Crippen LogP contribution >= 0.6 is 0 Å². The minimum Gasteiger partial charge on any atom is -0.489 e. The summed E-state index contributed by atoms with van der Waals surface area (Å²) < 4.78 is 5.89. The molecular formula is C20H31N3O2. The highest BCUT2D eigenvalue weighted by Crippen LogP contribution is 2.32. The van der Waals surface area contributed by atoms with Crippen LogP contribution in [0.25, 0.3) is 0 Å². The Hall–Kier alpha value is -1.75. The molecule has 2 fully saturated rings. The van der Waals surface area contributed by atoms with E-state index < -0.39 is 0 Å². The van der Waals surface area contributed by atoms with Crippen LogP contribution in [0.4, 0.5) is 4.79 Å². The maximum atomic E-state index is 12.4. The Morgan fingerprint density at radius 1 is 1.16 bits per heavy atom. The van der Waals surface area contributed by atoms with Gasteiger partial charge in [-0.05, 0) is 58.7 Å². The van der Waals surface area contributed by atoms with E-state index in [-0.39, 0.29) is 24.2 Å². The van der Waals surface area contributed by atoms with Gasteiger partial charge in [-0.2, -0.15) is 0 Å². The molecule has 3 rings (SSSR count). The average molecular weight is 345 g/mol. The number of carbonyl (C=O) groups is 1. The summed E-state index contributed by atoms with van der Waals surface area (Å²) in [5, 5.41) is 6.22. The smallest absolute Gasteiger partial charge is 0.315 e. The van der Waals surface area contributed by atoms with Gasteiger partial charge in [-0.25, -0.2) is 4.79 Å². The zero-order valence-electron chi connectivity index (χ0n) is 15.6. The first-order valence-corrected chi connectivity index (χ1v) is 9.53. The second-order valence-electron chi connectivity index (χ2n) is 7.61. The molecule has 1 aromatic rings. The average Bonchev–Trinajstić information content (AvgIpc) is 2.56. The lowest BCUT2D eigenvalue weighted by Gasteiger charge is -2.47. The van der Waals surface area contributed by atoms with Crippen LogP contribution in [0.15, 0.2) is 30.3 Å². The fraction of sp³-hybridized carbons (Fsp3) is 0.650. The molecule has 1 unspecified atom stereocenters. The fourth-order valence-corrected chi connectivity index (χ4v) is 4.10. The zero-order chi connectivity index (χ0) is 17.8. The molecule has 2 amide bonds. The van der Waals surface area contributed by atoms with Gasteiger partial charge in [0.25, 0.3) is 0 Å². The van der Waals surface area contributed by atoms with Gasteiger partial charge in [0.1, 0.15) is 11.9 Å². The van der Waals surface area contributed by atoms with Crippen LogP contribution in [0.2, 0.25) is 0 Å². The van der Waals surface area contributed by atoms with Crippen LogP contribution in [0, 0.1) is 0 Å². The van der Waals surface area contributed by atoms with E-state index in [1.807, 2.05) is 44.2 Å². The first-order valence-electron chi connectivity index (χ1n) is 9.53. The Kier molecular flexibility index (Phi) is 5.84. The lowest BCUT2D eigenvalue weighted by Crippen LogP contribution is -2.57. The number of hydrogen-bond acceptors (Lipinski definition) is 3. The van der Waals surface area contributed by atoms with Gasteiger partial charge in [-0.15, -0.1) is 0 Å². The number of rotatable bonds is 5. The number of urea groups is 1. The Bertz CT molecular complexity index is 551. The van der Waals surface area contributed by atoms with Gasteiger partial charge in [0.05, 0.1) is 6.04 Å². The summed E-state index contributed by atoms with van der Waals surface area (Å²) in [6.45, 7) is 3.97. The van der Waals surface area contributed by atoms with Crippen molar-refractivity contribution in [2.24, 2.45) is 0 Å². The van der Waals surface area contributed by atoms with Crippen molar-refractivity contribution >= 4 is 6.03 Å². The number of fused-ring (bicyclic) bond motifs is 2. The van der Waals surface area contributed by atoms with Crippen LogP contribution in [-0.2, 0) is 0 Å². The first kappa shape index (κ1) is 18.1. The molecule has 1 aromatic carbocycles. The second-order valence-corrected chi connectivity index (χ2v) is 7.61. The third-order valence-corrected chi connectivity index (χ3v) is 5.80. The molecular weight excluding hydrogens is 314 g/mol. The number of hydrogen-bond donors (Lipinski definition) is 2. The topological polar surface area (TPSA) is 53.6 Å². The molecule has 0 spiro atoms. The third-order valence-electron chi connectivity index (χ3n) is 5.80. The summed E-state index contributed by atoms with van der Waals surface area (Å²) >= 11 is 0. The van der Waals surface area contributed by atoms with Crippen molar-refractivity contribution in [3.8, 4) is 5.75 Å². The third kappa shape index (κ3) is 4.66. The van der Waals surface area contributed by atoms with Crippen molar-refractivity contribution in [2.45, 2.75) is 76.2 Å². The molecule has 5 heteroatoms. The lowest BCUT2D eigenvalue weighted by atomic mass is 9.82.